The lowest BCUT2D eigenvalue weighted by Gasteiger charge is -2.35. The van der Waals surface area contributed by atoms with Gasteiger partial charge in [0.05, 0.1) is 0 Å². The lowest BCUT2D eigenvalue weighted by molar-refractivity contribution is -0.129. The molecule has 1 rings (SSSR count). The Morgan fingerprint density at radius 3 is 2.73 bits per heavy atom. The Balaban J connectivity index is 2.30. The van der Waals surface area contributed by atoms with Crippen LogP contribution in [0.15, 0.2) is 0 Å². The first-order chi connectivity index (χ1) is 6.91. The van der Waals surface area contributed by atoms with E-state index in [0.717, 1.165) is 13.0 Å². The standard InChI is InChI=1S/C11H21FN2O/c1-11(12)6-4-7-14(9-11)8-5-10(15)13(2)3/h4-9H2,1-3H3. The van der Waals surface area contributed by atoms with Crippen LogP contribution in [0.1, 0.15) is 26.2 Å². The number of hydrogen-bond acceptors (Lipinski definition) is 2. The van der Waals surface area contributed by atoms with Crippen molar-refractivity contribution < 1.29 is 9.18 Å². The SMILES string of the molecule is CN(C)C(=O)CCN1CCCC(C)(F)C1. The van der Waals surface area contributed by atoms with Gasteiger partial charge in [-0.25, -0.2) is 4.39 Å². The number of likely N-dealkylation sites (tertiary alicyclic amines) is 1. The van der Waals surface area contributed by atoms with Crippen LogP contribution in [-0.4, -0.2) is 55.1 Å². The van der Waals surface area contributed by atoms with Gasteiger partial charge < -0.3 is 4.90 Å². The van der Waals surface area contributed by atoms with Gasteiger partial charge in [0.1, 0.15) is 5.67 Å². The molecule has 1 aliphatic rings. The first-order valence-electron chi connectivity index (χ1n) is 5.52. The highest BCUT2D eigenvalue weighted by atomic mass is 19.1. The molecule has 3 nitrogen and oxygen atoms in total. The minimum Gasteiger partial charge on any atom is -0.349 e. The fraction of sp³-hybridized carbons (Fsp3) is 0.909. The summed E-state index contributed by atoms with van der Waals surface area (Å²) in [5, 5.41) is 0. The van der Waals surface area contributed by atoms with Gasteiger partial charge in [0.25, 0.3) is 0 Å². The van der Waals surface area contributed by atoms with Gasteiger partial charge in [-0.15, -0.1) is 0 Å². The van der Waals surface area contributed by atoms with E-state index in [1.807, 2.05) is 4.90 Å². The van der Waals surface area contributed by atoms with Gasteiger partial charge in [0.2, 0.25) is 5.91 Å². The van der Waals surface area contributed by atoms with E-state index in [-0.39, 0.29) is 5.91 Å². The topological polar surface area (TPSA) is 23.6 Å². The quantitative estimate of drug-likeness (QED) is 0.709. The summed E-state index contributed by atoms with van der Waals surface area (Å²) in [7, 11) is 3.50. The molecule has 4 heteroatoms. The largest absolute Gasteiger partial charge is 0.349 e. The van der Waals surface area contributed by atoms with E-state index in [9.17, 15) is 9.18 Å². The van der Waals surface area contributed by atoms with E-state index >= 15 is 0 Å². The highest BCUT2D eigenvalue weighted by Gasteiger charge is 2.30. The lowest BCUT2D eigenvalue weighted by Crippen LogP contribution is -2.44. The van der Waals surface area contributed by atoms with Gasteiger partial charge >= 0.3 is 0 Å². The van der Waals surface area contributed by atoms with Gasteiger partial charge in [0, 0.05) is 33.6 Å². The van der Waals surface area contributed by atoms with E-state index in [2.05, 4.69) is 0 Å². The Kier molecular flexibility index (Phi) is 4.08. The Labute approximate surface area is 91.2 Å². The van der Waals surface area contributed by atoms with Crippen molar-refractivity contribution in [2.75, 3.05) is 33.7 Å². The van der Waals surface area contributed by atoms with Crippen LogP contribution in [0.4, 0.5) is 4.39 Å². The van der Waals surface area contributed by atoms with E-state index < -0.39 is 5.67 Å². The molecule has 0 N–H and O–H groups in total. The average molecular weight is 216 g/mol. The highest BCUT2D eigenvalue weighted by Crippen LogP contribution is 2.24. The lowest BCUT2D eigenvalue weighted by atomic mass is 9.97. The van der Waals surface area contributed by atoms with Gasteiger partial charge in [-0.3, -0.25) is 9.69 Å². The Morgan fingerprint density at radius 1 is 1.53 bits per heavy atom. The van der Waals surface area contributed by atoms with Crippen molar-refractivity contribution in [2.45, 2.75) is 31.9 Å². The van der Waals surface area contributed by atoms with Crippen LogP contribution >= 0.6 is 0 Å². The molecule has 1 fully saturated rings. The van der Waals surface area contributed by atoms with Gasteiger partial charge in [-0.1, -0.05) is 0 Å². The number of halogens is 1. The van der Waals surface area contributed by atoms with E-state index in [1.165, 1.54) is 0 Å². The number of carbonyl (C=O) groups is 1. The van der Waals surface area contributed by atoms with Gasteiger partial charge in [-0.05, 0) is 26.3 Å². The Morgan fingerprint density at radius 2 is 2.20 bits per heavy atom. The second kappa shape index (κ2) is 4.92. The molecule has 0 saturated carbocycles. The maximum absolute atomic E-state index is 13.7. The maximum Gasteiger partial charge on any atom is 0.223 e. The monoisotopic (exact) mass is 216 g/mol. The first kappa shape index (κ1) is 12.4. The fourth-order valence-electron chi connectivity index (χ4n) is 1.96. The van der Waals surface area contributed by atoms with Crippen molar-refractivity contribution in [1.29, 1.82) is 0 Å². The molecule has 0 bridgehead atoms. The molecule has 0 aromatic carbocycles. The van der Waals surface area contributed by atoms with Crippen LogP contribution in [-0.2, 0) is 4.79 Å². The normalized spacial score (nSPS) is 27.7. The maximum atomic E-state index is 13.7. The van der Waals surface area contributed by atoms with Crippen molar-refractivity contribution in [3.05, 3.63) is 0 Å². The summed E-state index contributed by atoms with van der Waals surface area (Å²) < 4.78 is 13.7. The molecule has 88 valence electrons. The van der Waals surface area contributed by atoms with E-state index in [0.29, 0.717) is 25.9 Å². The minimum atomic E-state index is -1.07. The zero-order valence-electron chi connectivity index (χ0n) is 9.92. The summed E-state index contributed by atoms with van der Waals surface area (Å²) in [6.07, 6.45) is 2.03. The van der Waals surface area contributed by atoms with Crippen LogP contribution < -0.4 is 0 Å². The summed E-state index contributed by atoms with van der Waals surface area (Å²) in [4.78, 5) is 15.0. The van der Waals surface area contributed by atoms with Crippen molar-refractivity contribution in [3.63, 3.8) is 0 Å². The fourth-order valence-corrected chi connectivity index (χ4v) is 1.96. The minimum absolute atomic E-state index is 0.112. The zero-order valence-corrected chi connectivity index (χ0v) is 9.92. The predicted molar refractivity (Wildman–Crippen MR) is 58.5 cm³/mol. The molecule has 0 spiro atoms. The second-order valence-electron chi connectivity index (χ2n) is 4.83. The van der Waals surface area contributed by atoms with Crippen molar-refractivity contribution in [3.8, 4) is 0 Å². The first-order valence-corrected chi connectivity index (χ1v) is 5.52. The van der Waals surface area contributed by atoms with Crippen molar-refractivity contribution in [1.82, 2.24) is 9.80 Å². The third-order valence-electron chi connectivity index (χ3n) is 2.87. The molecular formula is C11H21FN2O. The number of nitrogens with zero attached hydrogens (tertiary/aromatic N) is 2. The van der Waals surface area contributed by atoms with Crippen LogP contribution in [0.5, 0.6) is 0 Å². The summed E-state index contributed by atoms with van der Waals surface area (Å²) in [6, 6.07) is 0. The number of rotatable bonds is 3. The molecule has 0 aromatic heterocycles. The number of carbonyl (C=O) groups excluding carboxylic acids is 1. The molecule has 0 aromatic rings. The van der Waals surface area contributed by atoms with Crippen LogP contribution in [0, 0.1) is 0 Å². The molecular weight excluding hydrogens is 195 g/mol. The molecule has 1 saturated heterocycles. The third kappa shape index (κ3) is 4.16. The molecule has 1 amide bonds. The molecule has 1 unspecified atom stereocenters. The number of alkyl halides is 1. The molecule has 0 aliphatic carbocycles. The van der Waals surface area contributed by atoms with Crippen LogP contribution in [0.3, 0.4) is 0 Å². The van der Waals surface area contributed by atoms with E-state index in [1.54, 1.807) is 25.9 Å². The Hall–Kier alpha value is -0.640. The highest BCUT2D eigenvalue weighted by molar-refractivity contribution is 5.75. The number of amides is 1. The smallest absolute Gasteiger partial charge is 0.223 e. The second-order valence-corrected chi connectivity index (χ2v) is 4.83. The molecule has 1 atom stereocenters. The average Bonchev–Trinajstić information content (AvgIpc) is 2.12. The summed E-state index contributed by atoms with van der Waals surface area (Å²) in [6.45, 7) is 3.71. The number of piperidine rings is 1. The molecule has 1 aliphatic heterocycles. The summed E-state index contributed by atoms with van der Waals surface area (Å²) >= 11 is 0. The predicted octanol–water partition coefficient (Wildman–Crippen LogP) is 1.29. The zero-order chi connectivity index (χ0) is 11.5. The summed E-state index contributed by atoms with van der Waals surface area (Å²) in [5.74, 6) is 0.112. The Bertz CT molecular complexity index is 229. The van der Waals surface area contributed by atoms with Gasteiger partial charge in [0.15, 0.2) is 0 Å². The molecule has 0 radical (unpaired) electrons. The van der Waals surface area contributed by atoms with Crippen molar-refractivity contribution in [2.24, 2.45) is 0 Å². The molecule has 15 heavy (non-hydrogen) atoms. The van der Waals surface area contributed by atoms with E-state index in [4.69, 9.17) is 0 Å². The van der Waals surface area contributed by atoms with Crippen molar-refractivity contribution >= 4 is 5.91 Å². The third-order valence-corrected chi connectivity index (χ3v) is 2.87. The van der Waals surface area contributed by atoms with Crippen LogP contribution in [0.2, 0.25) is 0 Å². The molecule has 1 heterocycles. The van der Waals surface area contributed by atoms with Gasteiger partial charge in [-0.2, -0.15) is 0 Å². The van der Waals surface area contributed by atoms with Crippen LogP contribution in [0.25, 0.3) is 0 Å². The summed E-state index contributed by atoms with van der Waals surface area (Å²) in [5.41, 5.74) is -1.07. The number of hydrogen-bond donors (Lipinski definition) is 0.